The number of methoxy groups -OCH3 is 1. The Morgan fingerprint density at radius 2 is 1.48 bits per heavy atom. The molecule has 0 aliphatic carbocycles. The Hall–Kier alpha value is -4.52. The first-order valence-electron chi connectivity index (χ1n) is 10.2. The molecule has 33 heavy (non-hydrogen) atoms. The van der Waals surface area contributed by atoms with Gasteiger partial charge in [0, 0.05) is 23.1 Å². The van der Waals surface area contributed by atoms with E-state index in [4.69, 9.17) is 9.47 Å². The van der Waals surface area contributed by atoms with Gasteiger partial charge in [-0.1, -0.05) is 36.9 Å². The molecule has 0 bridgehead atoms. The van der Waals surface area contributed by atoms with Gasteiger partial charge < -0.3 is 25.4 Å². The lowest BCUT2D eigenvalue weighted by atomic mass is 10.2. The molecule has 0 atom stereocenters. The first-order chi connectivity index (χ1) is 16.1. The minimum absolute atomic E-state index is 0.288. The fraction of sp³-hybridized carbons (Fsp3) is 0.0769. The fourth-order valence-corrected chi connectivity index (χ4v) is 2.86. The zero-order valence-corrected chi connectivity index (χ0v) is 18.2. The highest BCUT2D eigenvalue weighted by molar-refractivity contribution is 6.02. The molecule has 0 unspecified atom stereocenters. The monoisotopic (exact) mass is 443 g/mol. The van der Waals surface area contributed by atoms with E-state index in [0.29, 0.717) is 35.2 Å². The molecule has 3 aromatic rings. The van der Waals surface area contributed by atoms with E-state index in [-0.39, 0.29) is 11.9 Å². The number of urea groups is 1. The highest BCUT2D eigenvalue weighted by Crippen LogP contribution is 2.28. The normalized spacial score (nSPS) is 10.3. The van der Waals surface area contributed by atoms with Crippen molar-refractivity contribution < 1.29 is 19.1 Å². The molecule has 3 rings (SSSR count). The predicted molar refractivity (Wildman–Crippen MR) is 132 cm³/mol. The predicted octanol–water partition coefficient (Wildman–Crippen LogP) is 5.56. The number of amides is 3. The molecule has 3 aromatic carbocycles. The number of para-hydroxylation sites is 1. The zero-order valence-electron chi connectivity index (χ0n) is 18.2. The molecule has 0 aliphatic heterocycles. The van der Waals surface area contributed by atoms with Crippen LogP contribution in [-0.2, 0) is 4.79 Å². The van der Waals surface area contributed by atoms with Crippen LogP contribution in [0.15, 0.2) is 91.5 Å². The number of nitrogens with one attached hydrogen (secondary N) is 3. The van der Waals surface area contributed by atoms with Crippen LogP contribution in [0.2, 0.25) is 0 Å². The summed E-state index contributed by atoms with van der Waals surface area (Å²) < 4.78 is 10.9. The smallest absolute Gasteiger partial charge is 0.323 e. The van der Waals surface area contributed by atoms with E-state index < -0.39 is 0 Å². The van der Waals surface area contributed by atoms with Crippen LogP contribution in [0, 0.1) is 0 Å². The molecule has 0 spiro atoms. The standard InChI is InChI=1S/C26H25N3O4/c1-3-17-33-23-15-9-19(18-24(23)32-2)10-16-25(30)27-21-11-13-22(14-12-21)29-26(31)28-20-7-5-4-6-8-20/h3-16,18H,1,17H2,2H3,(H,27,30)(H2,28,29,31)/b16-10+. The number of anilines is 3. The lowest BCUT2D eigenvalue weighted by Gasteiger charge is -2.10. The van der Waals surface area contributed by atoms with Crippen LogP contribution < -0.4 is 25.4 Å². The Morgan fingerprint density at radius 1 is 0.848 bits per heavy atom. The van der Waals surface area contributed by atoms with Crippen molar-refractivity contribution in [3.63, 3.8) is 0 Å². The van der Waals surface area contributed by atoms with Crippen molar-refractivity contribution in [2.75, 3.05) is 29.7 Å². The highest BCUT2D eigenvalue weighted by atomic mass is 16.5. The molecule has 0 fully saturated rings. The average molecular weight is 444 g/mol. The molecule has 0 aliphatic rings. The van der Waals surface area contributed by atoms with Crippen LogP contribution in [-0.4, -0.2) is 25.7 Å². The molecule has 0 aromatic heterocycles. The van der Waals surface area contributed by atoms with E-state index >= 15 is 0 Å². The summed E-state index contributed by atoms with van der Waals surface area (Å²) in [6.07, 6.45) is 4.76. The molecule has 7 heteroatoms. The number of ether oxygens (including phenoxy) is 2. The molecule has 0 radical (unpaired) electrons. The van der Waals surface area contributed by atoms with Crippen molar-refractivity contribution in [2.24, 2.45) is 0 Å². The number of hydrogen-bond donors (Lipinski definition) is 3. The Kier molecular flexibility index (Phi) is 8.25. The topological polar surface area (TPSA) is 88.7 Å². The van der Waals surface area contributed by atoms with E-state index in [1.165, 1.54) is 6.08 Å². The Balaban J connectivity index is 1.53. The molecule has 0 saturated heterocycles. The van der Waals surface area contributed by atoms with Crippen LogP contribution in [0.3, 0.4) is 0 Å². The minimum atomic E-state index is -0.350. The number of carbonyl (C=O) groups is 2. The van der Waals surface area contributed by atoms with Gasteiger partial charge in [-0.25, -0.2) is 4.79 Å². The van der Waals surface area contributed by atoms with Crippen LogP contribution in [0.4, 0.5) is 21.9 Å². The lowest BCUT2D eigenvalue weighted by molar-refractivity contribution is -0.111. The summed E-state index contributed by atoms with van der Waals surface area (Å²) in [6, 6.07) is 21.0. The van der Waals surface area contributed by atoms with Gasteiger partial charge in [0.2, 0.25) is 5.91 Å². The van der Waals surface area contributed by atoms with E-state index in [1.807, 2.05) is 24.3 Å². The summed E-state index contributed by atoms with van der Waals surface area (Å²) in [4.78, 5) is 24.3. The Morgan fingerprint density at radius 3 is 2.12 bits per heavy atom. The van der Waals surface area contributed by atoms with Crippen molar-refractivity contribution in [3.8, 4) is 11.5 Å². The van der Waals surface area contributed by atoms with Crippen LogP contribution in [0.1, 0.15) is 5.56 Å². The summed E-state index contributed by atoms with van der Waals surface area (Å²) in [7, 11) is 1.56. The van der Waals surface area contributed by atoms with Crippen molar-refractivity contribution in [1.29, 1.82) is 0 Å². The second-order valence-corrected chi connectivity index (χ2v) is 6.86. The van der Waals surface area contributed by atoms with Crippen molar-refractivity contribution in [1.82, 2.24) is 0 Å². The summed E-state index contributed by atoms with van der Waals surface area (Å²) in [5, 5.41) is 8.26. The summed E-state index contributed by atoms with van der Waals surface area (Å²) >= 11 is 0. The SMILES string of the molecule is C=CCOc1ccc(/C=C/C(=O)Nc2ccc(NC(=O)Nc3ccccc3)cc2)cc1OC. The van der Waals surface area contributed by atoms with Gasteiger partial charge in [-0.15, -0.1) is 0 Å². The third kappa shape index (κ3) is 7.29. The molecule has 7 nitrogen and oxygen atoms in total. The molecular formula is C26H25N3O4. The molecule has 3 amide bonds. The van der Waals surface area contributed by atoms with Gasteiger partial charge in [0.1, 0.15) is 6.61 Å². The van der Waals surface area contributed by atoms with Crippen LogP contribution in [0.25, 0.3) is 6.08 Å². The summed E-state index contributed by atoms with van der Waals surface area (Å²) in [5.74, 6) is 0.882. The fourth-order valence-electron chi connectivity index (χ4n) is 2.86. The van der Waals surface area contributed by atoms with Crippen LogP contribution in [0.5, 0.6) is 11.5 Å². The molecular weight excluding hydrogens is 418 g/mol. The van der Waals surface area contributed by atoms with Gasteiger partial charge in [-0.2, -0.15) is 0 Å². The van der Waals surface area contributed by atoms with Crippen molar-refractivity contribution in [2.45, 2.75) is 0 Å². The highest BCUT2D eigenvalue weighted by Gasteiger charge is 2.06. The first-order valence-corrected chi connectivity index (χ1v) is 10.2. The molecule has 0 heterocycles. The maximum absolute atomic E-state index is 12.3. The first kappa shape index (κ1) is 23.1. The minimum Gasteiger partial charge on any atom is -0.493 e. The number of rotatable bonds is 9. The average Bonchev–Trinajstić information content (AvgIpc) is 2.83. The second kappa shape index (κ2) is 11.8. The largest absolute Gasteiger partial charge is 0.493 e. The van der Waals surface area contributed by atoms with Gasteiger partial charge in [-0.05, 0) is 60.2 Å². The molecule has 0 saturated carbocycles. The third-order valence-corrected chi connectivity index (χ3v) is 4.41. The van der Waals surface area contributed by atoms with Gasteiger partial charge in [-0.3, -0.25) is 4.79 Å². The number of hydrogen-bond acceptors (Lipinski definition) is 4. The van der Waals surface area contributed by atoms with E-state index in [2.05, 4.69) is 22.5 Å². The van der Waals surface area contributed by atoms with Gasteiger partial charge >= 0.3 is 6.03 Å². The maximum atomic E-state index is 12.3. The van der Waals surface area contributed by atoms with Crippen LogP contribution >= 0.6 is 0 Å². The zero-order chi connectivity index (χ0) is 23.5. The molecule has 168 valence electrons. The second-order valence-electron chi connectivity index (χ2n) is 6.86. The number of benzene rings is 3. The van der Waals surface area contributed by atoms with Gasteiger partial charge in [0.05, 0.1) is 7.11 Å². The molecule has 3 N–H and O–H groups in total. The van der Waals surface area contributed by atoms with E-state index in [1.54, 1.807) is 67.8 Å². The summed E-state index contributed by atoms with van der Waals surface area (Å²) in [6.45, 7) is 4.00. The Bertz CT molecular complexity index is 1130. The summed E-state index contributed by atoms with van der Waals surface area (Å²) in [5.41, 5.74) is 2.69. The van der Waals surface area contributed by atoms with E-state index in [9.17, 15) is 9.59 Å². The van der Waals surface area contributed by atoms with Crippen molar-refractivity contribution >= 4 is 35.1 Å². The maximum Gasteiger partial charge on any atom is 0.323 e. The quantitative estimate of drug-likeness (QED) is 0.299. The van der Waals surface area contributed by atoms with Gasteiger partial charge in [0.25, 0.3) is 0 Å². The number of carbonyl (C=O) groups excluding carboxylic acids is 2. The van der Waals surface area contributed by atoms with Gasteiger partial charge in [0.15, 0.2) is 11.5 Å². The van der Waals surface area contributed by atoms with E-state index in [0.717, 1.165) is 5.56 Å². The third-order valence-electron chi connectivity index (χ3n) is 4.41. The lowest BCUT2D eigenvalue weighted by Crippen LogP contribution is -2.19. The Labute approximate surface area is 192 Å². The van der Waals surface area contributed by atoms with Crippen molar-refractivity contribution in [3.05, 3.63) is 97.1 Å².